The van der Waals surface area contributed by atoms with Crippen LogP contribution in [0.2, 0.25) is 0 Å². The average molecular weight is 292 g/mol. The SMILES string of the molecule is Cc1cc(C(=O)N2CC(C)(C)OC(C)(C)C2)cc(NN)n1. The van der Waals surface area contributed by atoms with Gasteiger partial charge in [0, 0.05) is 24.3 Å². The predicted octanol–water partition coefficient (Wildman–Crippen LogP) is 1.71. The quantitative estimate of drug-likeness (QED) is 0.640. The van der Waals surface area contributed by atoms with Gasteiger partial charge >= 0.3 is 0 Å². The van der Waals surface area contributed by atoms with Crippen molar-refractivity contribution in [2.45, 2.75) is 45.8 Å². The van der Waals surface area contributed by atoms with Crippen LogP contribution < -0.4 is 11.3 Å². The van der Waals surface area contributed by atoms with Crippen LogP contribution in [-0.4, -0.2) is 40.1 Å². The maximum atomic E-state index is 12.8. The molecular formula is C15H24N4O2. The van der Waals surface area contributed by atoms with Gasteiger partial charge in [-0.15, -0.1) is 0 Å². The molecule has 116 valence electrons. The van der Waals surface area contributed by atoms with Crippen molar-refractivity contribution in [3.63, 3.8) is 0 Å². The highest BCUT2D eigenvalue weighted by molar-refractivity contribution is 5.95. The van der Waals surface area contributed by atoms with Crippen molar-refractivity contribution in [2.24, 2.45) is 5.84 Å². The van der Waals surface area contributed by atoms with Crippen LogP contribution in [0.3, 0.4) is 0 Å². The van der Waals surface area contributed by atoms with E-state index in [9.17, 15) is 4.79 Å². The van der Waals surface area contributed by atoms with E-state index in [1.54, 1.807) is 12.1 Å². The van der Waals surface area contributed by atoms with Crippen LogP contribution in [0.5, 0.6) is 0 Å². The molecule has 0 unspecified atom stereocenters. The Hall–Kier alpha value is -1.66. The van der Waals surface area contributed by atoms with Crippen molar-refractivity contribution < 1.29 is 9.53 Å². The van der Waals surface area contributed by atoms with Crippen molar-refractivity contribution in [3.05, 3.63) is 23.4 Å². The number of amides is 1. The van der Waals surface area contributed by atoms with Gasteiger partial charge in [0.1, 0.15) is 5.82 Å². The van der Waals surface area contributed by atoms with E-state index in [1.807, 2.05) is 39.5 Å². The number of carbonyl (C=O) groups is 1. The number of rotatable bonds is 2. The van der Waals surface area contributed by atoms with Crippen molar-refractivity contribution in [1.29, 1.82) is 0 Å². The predicted molar refractivity (Wildman–Crippen MR) is 81.9 cm³/mol. The fourth-order valence-corrected chi connectivity index (χ4v) is 2.98. The highest BCUT2D eigenvalue weighted by atomic mass is 16.5. The summed E-state index contributed by atoms with van der Waals surface area (Å²) < 4.78 is 6.01. The first-order valence-corrected chi connectivity index (χ1v) is 7.07. The Balaban J connectivity index is 2.29. The molecule has 6 heteroatoms. The lowest BCUT2D eigenvalue weighted by Crippen LogP contribution is -2.58. The molecule has 0 saturated carbocycles. The third-order valence-electron chi connectivity index (χ3n) is 3.33. The maximum Gasteiger partial charge on any atom is 0.254 e. The van der Waals surface area contributed by atoms with Gasteiger partial charge in [-0.25, -0.2) is 10.8 Å². The zero-order valence-electron chi connectivity index (χ0n) is 13.4. The van der Waals surface area contributed by atoms with Gasteiger partial charge in [-0.3, -0.25) is 4.79 Å². The maximum absolute atomic E-state index is 12.8. The number of anilines is 1. The molecule has 1 aromatic heterocycles. The second kappa shape index (κ2) is 5.27. The van der Waals surface area contributed by atoms with Gasteiger partial charge in [0.05, 0.1) is 11.2 Å². The molecule has 1 amide bonds. The van der Waals surface area contributed by atoms with Crippen LogP contribution in [0.1, 0.15) is 43.7 Å². The number of hydrogen-bond acceptors (Lipinski definition) is 5. The van der Waals surface area contributed by atoms with Gasteiger partial charge in [-0.1, -0.05) is 0 Å². The topological polar surface area (TPSA) is 80.5 Å². The van der Waals surface area contributed by atoms with Crippen molar-refractivity contribution in [1.82, 2.24) is 9.88 Å². The number of aryl methyl sites for hydroxylation is 1. The van der Waals surface area contributed by atoms with Gasteiger partial charge in [-0.2, -0.15) is 0 Å². The number of ether oxygens (including phenoxy) is 1. The first kappa shape index (κ1) is 15.7. The molecule has 0 aliphatic carbocycles. The Kier molecular flexibility index (Phi) is 3.95. The van der Waals surface area contributed by atoms with Crippen LogP contribution in [0.4, 0.5) is 5.82 Å². The summed E-state index contributed by atoms with van der Waals surface area (Å²) in [7, 11) is 0. The Morgan fingerprint density at radius 2 is 1.86 bits per heavy atom. The lowest BCUT2D eigenvalue weighted by atomic mass is 9.98. The van der Waals surface area contributed by atoms with Gasteiger partial charge in [0.15, 0.2) is 0 Å². The minimum atomic E-state index is -0.367. The highest BCUT2D eigenvalue weighted by Gasteiger charge is 2.40. The smallest absolute Gasteiger partial charge is 0.254 e. The normalized spacial score (nSPS) is 20.2. The molecule has 0 atom stereocenters. The lowest BCUT2D eigenvalue weighted by Gasteiger charge is -2.47. The minimum Gasteiger partial charge on any atom is -0.366 e. The minimum absolute atomic E-state index is 0.0264. The van der Waals surface area contributed by atoms with E-state index in [-0.39, 0.29) is 17.1 Å². The van der Waals surface area contributed by atoms with E-state index in [4.69, 9.17) is 10.6 Å². The zero-order chi connectivity index (χ0) is 15.8. The largest absolute Gasteiger partial charge is 0.366 e. The lowest BCUT2D eigenvalue weighted by molar-refractivity contribution is -0.171. The Bertz CT molecular complexity index is 539. The fourth-order valence-electron chi connectivity index (χ4n) is 2.98. The molecule has 1 aliphatic rings. The number of nitrogen functional groups attached to an aromatic ring is 1. The van der Waals surface area contributed by atoms with E-state index in [0.29, 0.717) is 24.5 Å². The molecule has 0 aromatic carbocycles. The van der Waals surface area contributed by atoms with E-state index >= 15 is 0 Å². The zero-order valence-corrected chi connectivity index (χ0v) is 13.4. The number of nitrogens with zero attached hydrogens (tertiary/aromatic N) is 2. The molecule has 2 rings (SSSR count). The number of carbonyl (C=O) groups excluding carboxylic acids is 1. The van der Waals surface area contributed by atoms with Crippen molar-refractivity contribution in [2.75, 3.05) is 18.5 Å². The van der Waals surface area contributed by atoms with Gasteiger partial charge < -0.3 is 15.1 Å². The molecule has 0 bridgehead atoms. The van der Waals surface area contributed by atoms with Crippen LogP contribution in [0.25, 0.3) is 0 Å². The Morgan fingerprint density at radius 3 is 2.38 bits per heavy atom. The van der Waals surface area contributed by atoms with Gasteiger partial charge in [0.25, 0.3) is 5.91 Å². The summed E-state index contributed by atoms with van der Waals surface area (Å²) >= 11 is 0. The molecule has 1 aliphatic heterocycles. The molecule has 3 N–H and O–H groups in total. The summed E-state index contributed by atoms with van der Waals surface area (Å²) in [6.45, 7) is 10.9. The monoisotopic (exact) mass is 292 g/mol. The molecule has 21 heavy (non-hydrogen) atoms. The van der Waals surface area contributed by atoms with Crippen LogP contribution in [-0.2, 0) is 4.74 Å². The van der Waals surface area contributed by atoms with Crippen LogP contribution in [0.15, 0.2) is 12.1 Å². The molecule has 0 spiro atoms. The van der Waals surface area contributed by atoms with Crippen molar-refractivity contribution in [3.8, 4) is 0 Å². The summed E-state index contributed by atoms with van der Waals surface area (Å²) in [5.41, 5.74) is 3.10. The number of aromatic nitrogens is 1. The number of nitrogens with one attached hydrogen (secondary N) is 1. The van der Waals surface area contributed by atoms with E-state index in [1.165, 1.54) is 0 Å². The standard InChI is InChI=1S/C15H24N4O2/c1-10-6-11(7-12(17-10)18-16)13(20)19-8-14(2,3)21-15(4,5)9-19/h6-7H,8-9,16H2,1-5H3,(H,17,18). The van der Waals surface area contributed by atoms with Crippen LogP contribution >= 0.6 is 0 Å². The molecule has 2 heterocycles. The number of pyridine rings is 1. The summed E-state index contributed by atoms with van der Waals surface area (Å²) in [4.78, 5) is 18.8. The molecule has 0 radical (unpaired) electrons. The Morgan fingerprint density at radius 1 is 1.29 bits per heavy atom. The summed E-state index contributed by atoms with van der Waals surface area (Å²) in [5.74, 6) is 5.86. The first-order valence-electron chi connectivity index (χ1n) is 7.07. The molecule has 1 saturated heterocycles. The summed E-state index contributed by atoms with van der Waals surface area (Å²) in [6.07, 6.45) is 0. The second-order valence-corrected chi connectivity index (χ2v) is 6.81. The molecule has 1 aromatic rings. The summed E-state index contributed by atoms with van der Waals surface area (Å²) in [5, 5.41) is 0. The second-order valence-electron chi connectivity index (χ2n) is 6.81. The van der Waals surface area contributed by atoms with E-state index < -0.39 is 0 Å². The fraction of sp³-hybridized carbons (Fsp3) is 0.600. The van der Waals surface area contributed by atoms with E-state index in [2.05, 4.69) is 10.4 Å². The first-order chi connectivity index (χ1) is 9.62. The highest BCUT2D eigenvalue weighted by Crippen LogP contribution is 2.29. The van der Waals surface area contributed by atoms with Gasteiger partial charge in [0.2, 0.25) is 0 Å². The molecular weight excluding hydrogens is 268 g/mol. The van der Waals surface area contributed by atoms with E-state index in [0.717, 1.165) is 5.69 Å². The third-order valence-corrected chi connectivity index (χ3v) is 3.33. The number of nitrogens with two attached hydrogens (primary N) is 1. The third kappa shape index (κ3) is 3.71. The Labute approximate surface area is 125 Å². The molecule has 6 nitrogen and oxygen atoms in total. The van der Waals surface area contributed by atoms with Crippen molar-refractivity contribution >= 4 is 11.7 Å². The van der Waals surface area contributed by atoms with Gasteiger partial charge in [-0.05, 0) is 46.8 Å². The number of morpholine rings is 1. The number of hydrazine groups is 1. The van der Waals surface area contributed by atoms with Crippen LogP contribution in [0, 0.1) is 6.92 Å². The number of hydrogen-bond donors (Lipinski definition) is 2. The summed E-state index contributed by atoms with van der Waals surface area (Å²) in [6, 6.07) is 3.45. The molecule has 1 fully saturated rings. The average Bonchev–Trinajstić information content (AvgIpc) is 2.33.